The Bertz CT molecular complexity index is 1640. The van der Waals surface area contributed by atoms with Crippen molar-refractivity contribution in [1.82, 2.24) is 9.78 Å². The molecule has 0 aliphatic carbocycles. The van der Waals surface area contributed by atoms with Crippen molar-refractivity contribution in [1.29, 1.82) is 0 Å². The summed E-state index contributed by atoms with van der Waals surface area (Å²) in [6.45, 7) is 0. The predicted octanol–water partition coefficient (Wildman–Crippen LogP) is 6.83. The molecule has 2 aliphatic rings. The van der Waals surface area contributed by atoms with Gasteiger partial charge in [-0.15, -0.1) is 8.78 Å². The van der Waals surface area contributed by atoms with Crippen LogP contribution in [0.15, 0.2) is 66.9 Å². The molecule has 0 spiro atoms. The van der Waals surface area contributed by atoms with Crippen molar-refractivity contribution in [2.75, 3.05) is 5.32 Å². The first-order valence-electron chi connectivity index (χ1n) is 11.0. The van der Waals surface area contributed by atoms with Gasteiger partial charge in [0.15, 0.2) is 11.5 Å². The number of hydrogen-bond acceptors (Lipinski definition) is 5. The summed E-state index contributed by atoms with van der Waals surface area (Å²) in [7, 11) is 0. The van der Waals surface area contributed by atoms with Crippen molar-refractivity contribution in [2.24, 2.45) is 0 Å². The highest BCUT2D eigenvalue weighted by molar-refractivity contribution is 5.93. The third-order valence-electron chi connectivity index (χ3n) is 5.93. The van der Waals surface area contributed by atoms with E-state index < -0.39 is 41.5 Å². The minimum atomic E-state index is -4.76. The lowest BCUT2D eigenvalue weighted by Gasteiger charge is -2.16. The lowest BCUT2D eigenvalue weighted by molar-refractivity contribution is -0.296. The molecule has 0 fully saturated rings. The van der Waals surface area contributed by atoms with Gasteiger partial charge < -0.3 is 19.5 Å². The van der Waals surface area contributed by atoms with E-state index in [4.69, 9.17) is 0 Å². The van der Waals surface area contributed by atoms with E-state index in [1.54, 1.807) is 0 Å². The van der Waals surface area contributed by atoms with Gasteiger partial charge in [0, 0.05) is 23.0 Å². The average molecular weight is 551 g/mol. The Morgan fingerprint density at radius 2 is 1.46 bits per heavy atom. The quantitative estimate of drug-likeness (QED) is 0.283. The number of rotatable bonds is 3. The zero-order valence-corrected chi connectivity index (χ0v) is 19.0. The van der Waals surface area contributed by atoms with Crippen LogP contribution in [0.2, 0.25) is 0 Å². The topological polar surface area (TPSA) is 74.6 Å². The van der Waals surface area contributed by atoms with Crippen LogP contribution in [-0.4, -0.2) is 28.2 Å². The number of nitrogens with zero attached hydrogens (tertiary/aromatic N) is 2. The number of alkyl halides is 6. The summed E-state index contributed by atoms with van der Waals surface area (Å²) in [5.41, 5.74) is -0.403. The second kappa shape index (κ2) is 8.12. The molecule has 2 aliphatic heterocycles. The number of carbonyl (C=O) groups is 1. The molecule has 39 heavy (non-hydrogen) atoms. The number of amides is 1. The first-order chi connectivity index (χ1) is 18.3. The molecule has 0 radical (unpaired) electrons. The van der Waals surface area contributed by atoms with E-state index in [0.29, 0.717) is 11.6 Å². The lowest BCUT2D eigenvalue weighted by Crippen LogP contribution is -2.37. The number of nitrogens with one attached hydrogen (secondary N) is 1. The van der Waals surface area contributed by atoms with Gasteiger partial charge in [-0.2, -0.15) is 27.3 Å². The first-order valence-corrected chi connectivity index (χ1v) is 11.0. The molecule has 1 aromatic heterocycles. The molecule has 200 valence electrons. The Labute approximate surface area is 213 Å². The standard InChI is InChI=1S/C25H12F7N3O4/c26-14-4-1-12(2-5-14)21-16(13-3-7-19-20(9-13)39-25(31,32)38-19)11-35(34-21)22(36)33-15-6-8-18-17(10-15)23(27,28)24(29,30)37-18/h1-11H,(H,33,36). The van der Waals surface area contributed by atoms with Gasteiger partial charge >= 0.3 is 24.4 Å². The third kappa shape index (κ3) is 4.08. The van der Waals surface area contributed by atoms with Gasteiger partial charge in [-0.05, 0) is 60.2 Å². The minimum Gasteiger partial charge on any atom is -0.427 e. The second-order valence-corrected chi connectivity index (χ2v) is 8.51. The monoisotopic (exact) mass is 551 g/mol. The van der Waals surface area contributed by atoms with Crippen molar-refractivity contribution in [3.63, 3.8) is 0 Å². The van der Waals surface area contributed by atoms with Crippen molar-refractivity contribution >= 4 is 11.7 Å². The predicted molar refractivity (Wildman–Crippen MR) is 120 cm³/mol. The van der Waals surface area contributed by atoms with Crippen LogP contribution in [0.25, 0.3) is 22.4 Å². The molecule has 3 heterocycles. The normalized spacial score (nSPS) is 17.4. The summed E-state index contributed by atoms with van der Waals surface area (Å²) >= 11 is 0. The van der Waals surface area contributed by atoms with Crippen LogP contribution in [-0.2, 0) is 5.92 Å². The van der Waals surface area contributed by atoms with Gasteiger partial charge in [-0.25, -0.2) is 9.18 Å². The number of carbonyl (C=O) groups excluding carboxylic acids is 1. The summed E-state index contributed by atoms with van der Waals surface area (Å²) in [5.74, 6) is -6.42. The maximum absolute atomic E-state index is 14.1. The fourth-order valence-corrected chi connectivity index (χ4v) is 4.11. The Morgan fingerprint density at radius 3 is 2.21 bits per heavy atom. The van der Waals surface area contributed by atoms with Crippen molar-refractivity contribution < 1.29 is 49.7 Å². The highest BCUT2D eigenvalue weighted by atomic mass is 19.3. The molecule has 0 saturated heterocycles. The van der Waals surface area contributed by atoms with E-state index >= 15 is 0 Å². The molecule has 4 aromatic rings. The van der Waals surface area contributed by atoms with Gasteiger partial charge in [-0.3, -0.25) is 0 Å². The largest absolute Gasteiger partial charge is 0.586 e. The van der Waals surface area contributed by atoms with E-state index in [0.717, 1.165) is 28.9 Å². The number of fused-ring (bicyclic) bond motifs is 2. The Morgan fingerprint density at radius 1 is 0.795 bits per heavy atom. The van der Waals surface area contributed by atoms with Crippen LogP contribution in [0.5, 0.6) is 17.2 Å². The van der Waals surface area contributed by atoms with Gasteiger partial charge in [-0.1, -0.05) is 6.07 Å². The van der Waals surface area contributed by atoms with E-state index in [9.17, 15) is 35.5 Å². The fraction of sp³-hybridized carbons (Fsp3) is 0.120. The van der Waals surface area contributed by atoms with Gasteiger partial charge in [0.1, 0.15) is 17.3 Å². The Hall–Kier alpha value is -4.75. The molecule has 3 aromatic carbocycles. The maximum Gasteiger partial charge on any atom is 0.586 e. The highest BCUT2D eigenvalue weighted by Crippen LogP contribution is 2.54. The number of ether oxygens (including phenoxy) is 3. The molecule has 0 unspecified atom stereocenters. The zero-order valence-electron chi connectivity index (χ0n) is 19.0. The van der Waals surface area contributed by atoms with Crippen LogP contribution in [0.4, 0.5) is 41.2 Å². The summed E-state index contributed by atoms with van der Waals surface area (Å²) < 4.78 is 109. The third-order valence-corrected chi connectivity index (χ3v) is 5.93. The fourth-order valence-electron chi connectivity index (χ4n) is 4.11. The molecule has 14 heteroatoms. The maximum atomic E-state index is 14.1. The van der Waals surface area contributed by atoms with E-state index in [1.165, 1.54) is 36.5 Å². The molecule has 1 N–H and O–H groups in total. The molecule has 0 bridgehead atoms. The summed E-state index contributed by atoms with van der Waals surface area (Å²) in [6.07, 6.45) is -7.41. The molecule has 0 saturated carbocycles. The summed E-state index contributed by atoms with van der Waals surface area (Å²) in [6, 6.07) is 10.5. The number of anilines is 1. The zero-order chi connectivity index (χ0) is 27.7. The van der Waals surface area contributed by atoms with Crippen molar-refractivity contribution in [3.05, 3.63) is 78.2 Å². The van der Waals surface area contributed by atoms with Gasteiger partial charge in [0.2, 0.25) is 0 Å². The molecule has 7 nitrogen and oxygen atoms in total. The van der Waals surface area contributed by atoms with Crippen LogP contribution in [0.3, 0.4) is 0 Å². The average Bonchev–Trinajstić information content (AvgIpc) is 3.49. The number of halogens is 7. The first kappa shape index (κ1) is 24.6. The van der Waals surface area contributed by atoms with E-state index in [-0.39, 0.29) is 34.0 Å². The lowest BCUT2D eigenvalue weighted by atomic mass is 10.0. The Kier molecular flexibility index (Phi) is 5.12. The van der Waals surface area contributed by atoms with Crippen LogP contribution in [0.1, 0.15) is 5.56 Å². The summed E-state index contributed by atoms with van der Waals surface area (Å²) in [4.78, 5) is 13.0. The SMILES string of the molecule is O=C(Nc1ccc2c(c1)C(F)(F)C(F)(F)O2)n1cc(-c2ccc3c(c2)OC(F)(F)O3)c(-c2ccc(F)cc2)n1. The number of hydrogen-bond donors (Lipinski definition) is 1. The van der Waals surface area contributed by atoms with Crippen LogP contribution in [0, 0.1) is 5.82 Å². The Balaban J connectivity index is 1.36. The van der Waals surface area contributed by atoms with Crippen molar-refractivity contribution in [3.8, 4) is 39.6 Å². The molecule has 6 rings (SSSR count). The van der Waals surface area contributed by atoms with Crippen LogP contribution < -0.4 is 19.5 Å². The summed E-state index contributed by atoms with van der Waals surface area (Å²) in [5, 5.41) is 6.48. The van der Waals surface area contributed by atoms with Gasteiger partial charge in [0.05, 0.1) is 5.56 Å². The van der Waals surface area contributed by atoms with Gasteiger partial charge in [0.25, 0.3) is 0 Å². The van der Waals surface area contributed by atoms with Crippen molar-refractivity contribution in [2.45, 2.75) is 18.3 Å². The smallest absolute Gasteiger partial charge is 0.427 e. The number of benzene rings is 3. The number of aromatic nitrogens is 2. The molecular formula is C25H12F7N3O4. The molecule has 1 amide bonds. The van der Waals surface area contributed by atoms with E-state index in [1.807, 2.05) is 0 Å². The minimum absolute atomic E-state index is 0.129. The molecule has 0 atom stereocenters. The van der Waals surface area contributed by atoms with Crippen LogP contribution >= 0.6 is 0 Å². The highest BCUT2D eigenvalue weighted by Gasteiger charge is 2.66. The van der Waals surface area contributed by atoms with E-state index in [2.05, 4.69) is 24.6 Å². The second-order valence-electron chi connectivity index (χ2n) is 8.51. The molecular weight excluding hydrogens is 539 g/mol.